The Balaban J connectivity index is 1.56. The number of nitrogens with zero attached hydrogens (tertiary/aromatic N) is 3. The second kappa shape index (κ2) is 6.44. The van der Waals surface area contributed by atoms with Crippen molar-refractivity contribution in [3.8, 4) is 5.75 Å². The molecule has 2 aromatic carbocycles. The van der Waals surface area contributed by atoms with E-state index >= 15 is 0 Å². The number of phenols is 1. The highest BCUT2D eigenvalue weighted by Gasteiger charge is 2.32. The highest BCUT2D eigenvalue weighted by Crippen LogP contribution is 2.38. The number of benzene rings is 2. The van der Waals surface area contributed by atoms with Crippen LogP contribution in [-0.2, 0) is 12.8 Å². The van der Waals surface area contributed by atoms with Crippen molar-refractivity contribution < 1.29 is 9.90 Å². The number of aryl methyl sites for hydroxylation is 1. The van der Waals surface area contributed by atoms with Gasteiger partial charge in [0.1, 0.15) is 5.75 Å². The molecule has 1 aliphatic heterocycles. The molecule has 2 aliphatic rings. The molecule has 0 bridgehead atoms. The summed E-state index contributed by atoms with van der Waals surface area (Å²) < 4.78 is 0. The SMILES string of the molecule is Cc1nc(N2CCc3ccccc32)nc2c1C(=O)C[C@H](c1ccccc1O)C2. The van der Waals surface area contributed by atoms with E-state index in [1.807, 2.05) is 25.1 Å². The summed E-state index contributed by atoms with van der Waals surface area (Å²) >= 11 is 0. The van der Waals surface area contributed by atoms with Crippen LogP contribution in [0.25, 0.3) is 0 Å². The number of para-hydroxylation sites is 2. The minimum Gasteiger partial charge on any atom is -0.508 e. The number of ketones is 1. The first-order valence-electron chi connectivity index (χ1n) is 9.66. The predicted molar refractivity (Wildman–Crippen MR) is 107 cm³/mol. The number of hydrogen-bond acceptors (Lipinski definition) is 5. The van der Waals surface area contributed by atoms with Crippen LogP contribution in [0, 0.1) is 6.92 Å². The first kappa shape index (κ1) is 16.9. The molecule has 0 spiro atoms. The zero-order valence-corrected chi connectivity index (χ0v) is 15.7. The summed E-state index contributed by atoms with van der Waals surface area (Å²) in [5, 5.41) is 10.2. The van der Waals surface area contributed by atoms with Crippen LogP contribution in [0.3, 0.4) is 0 Å². The maximum Gasteiger partial charge on any atom is 0.230 e. The van der Waals surface area contributed by atoms with Crippen molar-refractivity contribution in [1.82, 2.24) is 9.97 Å². The maximum atomic E-state index is 12.9. The zero-order valence-electron chi connectivity index (χ0n) is 15.7. The fraction of sp³-hybridized carbons (Fsp3) is 0.261. The summed E-state index contributed by atoms with van der Waals surface area (Å²) in [7, 11) is 0. The number of rotatable bonds is 2. The lowest BCUT2D eigenvalue weighted by Gasteiger charge is -2.26. The largest absolute Gasteiger partial charge is 0.508 e. The molecule has 0 saturated carbocycles. The molecule has 5 rings (SSSR count). The van der Waals surface area contributed by atoms with E-state index in [1.165, 1.54) is 5.56 Å². The summed E-state index contributed by atoms with van der Waals surface area (Å²) in [6, 6.07) is 15.6. The van der Waals surface area contributed by atoms with Gasteiger partial charge in [0.15, 0.2) is 5.78 Å². The highest BCUT2D eigenvalue weighted by molar-refractivity contribution is 6.00. The zero-order chi connectivity index (χ0) is 19.3. The van der Waals surface area contributed by atoms with Crippen molar-refractivity contribution in [1.29, 1.82) is 0 Å². The third-order valence-electron chi connectivity index (χ3n) is 5.81. The van der Waals surface area contributed by atoms with E-state index in [9.17, 15) is 9.90 Å². The molecule has 0 amide bonds. The van der Waals surface area contributed by atoms with E-state index in [0.29, 0.717) is 24.4 Å². The van der Waals surface area contributed by atoms with Crippen molar-refractivity contribution in [2.45, 2.75) is 32.1 Å². The summed E-state index contributed by atoms with van der Waals surface area (Å²) in [5.74, 6) is 0.893. The van der Waals surface area contributed by atoms with Crippen molar-refractivity contribution in [2.75, 3.05) is 11.4 Å². The summed E-state index contributed by atoms with van der Waals surface area (Å²) in [6.45, 7) is 2.73. The van der Waals surface area contributed by atoms with Crippen molar-refractivity contribution in [3.63, 3.8) is 0 Å². The van der Waals surface area contributed by atoms with E-state index in [1.54, 1.807) is 12.1 Å². The molecule has 2 heterocycles. The Kier molecular flexibility index (Phi) is 3.90. The third-order valence-corrected chi connectivity index (χ3v) is 5.81. The molecule has 0 fully saturated rings. The maximum absolute atomic E-state index is 12.9. The lowest BCUT2D eigenvalue weighted by atomic mass is 9.81. The van der Waals surface area contributed by atoms with E-state index in [2.05, 4.69) is 28.1 Å². The molecule has 1 N–H and O–H groups in total. The second-order valence-electron chi connectivity index (χ2n) is 7.55. The van der Waals surface area contributed by atoms with Gasteiger partial charge in [-0.05, 0) is 43.0 Å². The van der Waals surface area contributed by atoms with Gasteiger partial charge in [-0.1, -0.05) is 36.4 Å². The Morgan fingerprint density at radius 2 is 1.82 bits per heavy atom. The topological polar surface area (TPSA) is 66.3 Å². The van der Waals surface area contributed by atoms with Crippen LogP contribution in [0.5, 0.6) is 5.75 Å². The van der Waals surface area contributed by atoms with Crippen LogP contribution in [0.15, 0.2) is 48.5 Å². The smallest absolute Gasteiger partial charge is 0.230 e. The third kappa shape index (κ3) is 2.66. The molecule has 1 aromatic heterocycles. The van der Waals surface area contributed by atoms with Crippen molar-refractivity contribution in [3.05, 3.63) is 76.6 Å². The number of Topliss-reactive ketones (excluding diaryl/α,β-unsaturated/α-hetero) is 1. The number of fused-ring (bicyclic) bond motifs is 2. The van der Waals surface area contributed by atoms with Crippen molar-refractivity contribution >= 4 is 17.4 Å². The van der Waals surface area contributed by atoms with Gasteiger partial charge in [0.25, 0.3) is 0 Å². The molecule has 5 nitrogen and oxygen atoms in total. The normalized spacial score (nSPS) is 18.1. The number of hydrogen-bond donors (Lipinski definition) is 1. The first-order chi connectivity index (χ1) is 13.6. The van der Waals surface area contributed by atoms with Gasteiger partial charge in [-0.3, -0.25) is 4.79 Å². The van der Waals surface area contributed by atoms with Crippen LogP contribution in [0.4, 0.5) is 11.6 Å². The van der Waals surface area contributed by atoms with Crippen LogP contribution in [0.1, 0.15) is 45.2 Å². The van der Waals surface area contributed by atoms with Gasteiger partial charge in [0.2, 0.25) is 5.95 Å². The van der Waals surface area contributed by atoms with E-state index < -0.39 is 0 Å². The summed E-state index contributed by atoms with van der Waals surface area (Å²) in [5.41, 5.74) is 5.43. The lowest BCUT2D eigenvalue weighted by Crippen LogP contribution is -2.25. The number of carbonyl (C=O) groups is 1. The molecule has 1 aliphatic carbocycles. The van der Waals surface area contributed by atoms with Gasteiger partial charge in [-0.2, -0.15) is 0 Å². The molecule has 140 valence electrons. The highest BCUT2D eigenvalue weighted by atomic mass is 16.3. The van der Waals surface area contributed by atoms with E-state index in [-0.39, 0.29) is 17.5 Å². The van der Waals surface area contributed by atoms with Crippen LogP contribution >= 0.6 is 0 Å². The second-order valence-corrected chi connectivity index (χ2v) is 7.55. The Morgan fingerprint density at radius 1 is 1.04 bits per heavy atom. The molecule has 0 radical (unpaired) electrons. The van der Waals surface area contributed by atoms with Gasteiger partial charge in [-0.25, -0.2) is 9.97 Å². The van der Waals surface area contributed by atoms with E-state index in [0.717, 1.165) is 35.6 Å². The van der Waals surface area contributed by atoms with Crippen molar-refractivity contribution in [2.24, 2.45) is 0 Å². The van der Waals surface area contributed by atoms with E-state index in [4.69, 9.17) is 4.98 Å². The fourth-order valence-electron chi connectivity index (χ4n) is 4.48. The molecule has 0 saturated heterocycles. The monoisotopic (exact) mass is 371 g/mol. The average molecular weight is 371 g/mol. The number of aromatic hydroxyl groups is 1. The van der Waals surface area contributed by atoms with Gasteiger partial charge >= 0.3 is 0 Å². The quantitative estimate of drug-likeness (QED) is 0.735. The molecular formula is C23H21N3O2. The van der Waals surface area contributed by atoms with Gasteiger partial charge < -0.3 is 10.0 Å². The molecule has 0 unspecified atom stereocenters. The van der Waals surface area contributed by atoms with Crippen LogP contribution in [-0.4, -0.2) is 27.4 Å². The predicted octanol–water partition coefficient (Wildman–Crippen LogP) is 4.10. The Morgan fingerprint density at radius 3 is 2.68 bits per heavy atom. The number of aromatic nitrogens is 2. The Labute approximate surface area is 163 Å². The average Bonchev–Trinajstić information content (AvgIpc) is 3.12. The first-order valence-corrected chi connectivity index (χ1v) is 9.66. The number of phenolic OH excluding ortho intramolecular Hbond substituents is 1. The fourth-order valence-corrected chi connectivity index (χ4v) is 4.48. The molecule has 5 heteroatoms. The summed E-state index contributed by atoms with van der Waals surface area (Å²) in [6.07, 6.45) is 1.97. The van der Waals surface area contributed by atoms with Gasteiger partial charge in [0, 0.05) is 24.6 Å². The Bertz CT molecular complexity index is 1090. The molecule has 3 aromatic rings. The molecule has 1 atom stereocenters. The Hall–Kier alpha value is -3.21. The summed E-state index contributed by atoms with van der Waals surface area (Å²) in [4.78, 5) is 24.5. The number of carbonyl (C=O) groups excluding carboxylic acids is 1. The van der Waals surface area contributed by atoms with Gasteiger partial charge in [-0.15, -0.1) is 0 Å². The standard InChI is InChI=1S/C23H21N3O2/c1-14-22-18(12-16(13-21(22)28)17-7-3-5-9-20(17)27)25-23(24-14)26-11-10-15-6-2-4-8-19(15)26/h2-9,16,27H,10-13H2,1H3/t16-/m1/s1. The minimum atomic E-state index is -0.0609. The molecular weight excluding hydrogens is 350 g/mol. The van der Waals surface area contributed by atoms with Crippen LogP contribution in [0.2, 0.25) is 0 Å². The minimum absolute atomic E-state index is 0.0559. The van der Waals surface area contributed by atoms with Crippen LogP contribution < -0.4 is 4.90 Å². The lowest BCUT2D eigenvalue weighted by molar-refractivity contribution is 0.0961. The molecule has 28 heavy (non-hydrogen) atoms. The van der Waals surface area contributed by atoms with Gasteiger partial charge in [0.05, 0.1) is 17.0 Å². The number of anilines is 2.